The van der Waals surface area contributed by atoms with E-state index in [0.29, 0.717) is 5.56 Å². The fourth-order valence-electron chi connectivity index (χ4n) is 1.73. The van der Waals surface area contributed by atoms with Crippen LogP contribution >= 0.6 is 0 Å². The number of hydrogen-bond donors (Lipinski definition) is 0. The van der Waals surface area contributed by atoms with Crippen LogP contribution in [0.3, 0.4) is 0 Å². The van der Waals surface area contributed by atoms with E-state index in [0.717, 1.165) is 0 Å². The van der Waals surface area contributed by atoms with Crippen molar-refractivity contribution in [1.29, 1.82) is 0 Å². The topological polar surface area (TPSA) is 18.5 Å². The standard InChI is InChI=1S/C11H13F3O2/c1-6-5-7(2)9(15-3)10(16-4)8(6)11(12,13)14/h5H,1-4H3. The summed E-state index contributed by atoms with van der Waals surface area (Å²) in [4.78, 5) is 0. The van der Waals surface area contributed by atoms with Crippen LogP contribution < -0.4 is 9.47 Å². The maximum atomic E-state index is 12.8. The largest absolute Gasteiger partial charge is 0.493 e. The normalized spacial score (nSPS) is 11.4. The molecule has 1 aromatic rings. The van der Waals surface area contributed by atoms with Crippen LogP contribution in [0.1, 0.15) is 16.7 Å². The molecule has 1 rings (SSSR count). The lowest BCUT2D eigenvalue weighted by molar-refractivity contribution is -0.139. The molecule has 5 heteroatoms. The van der Waals surface area contributed by atoms with E-state index in [4.69, 9.17) is 9.47 Å². The highest BCUT2D eigenvalue weighted by Crippen LogP contribution is 2.45. The van der Waals surface area contributed by atoms with E-state index in [1.54, 1.807) is 6.92 Å². The van der Waals surface area contributed by atoms with Crippen molar-refractivity contribution in [3.8, 4) is 11.5 Å². The average molecular weight is 234 g/mol. The van der Waals surface area contributed by atoms with E-state index in [-0.39, 0.29) is 17.1 Å². The Morgan fingerprint density at radius 3 is 1.81 bits per heavy atom. The SMILES string of the molecule is COc1c(C)cc(C)c(C(F)(F)F)c1OC. The lowest BCUT2D eigenvalue weighted by atomic mass is 10.0. The third-order valence-corrected chi connectivity index (χ3v) is 2.31. The van der Waals surface area contributed by atoms with Crippen molar-refractivity contribution in [2.24, 2.45) is 0 Å². The molecule has 0 bridgehead atoms. The summed E-state index contributed by atoms with van der Waals surface area (Å²) in [5.74, 6) is -0.132. The molecule has 0 aliphatic carbocycles. The van der Waals surface area contributed by atoms with E-state index in [1.165, 1.54) is 27.2 Å². The van der Waals surface area contributed by atoms with Gasteiger partial charge in [-0.3, -0.25) is 0 Å². The fourth-order valence-corrected chi connectivity index (χ4v) is 1.73. The Morgan fingerprint density at radius 1 is 0.938 bits per heavy atom. The van der Waals surface area contributed by atoms with Gasteiger partial charge < -0.3 is 9.47 Å². The molecule has 0 unspecified atom stereocenters. The molecule has 0 fully saturated rings. The third kappa shape index (κ3) is 2.08. The van der Waals surface area contributed by atoms with E-state index in [2.05, 4.69) is 0 Å². The summed E-state index contributed by atoms with van der Waals surface area (Å²) in [6.07, 6.45) is -4.45. The molecule has 0 atom stereocenters. The molecular weight excluding hydrogens is 221 g/mol. The predicted molar refractivity (Wildman–Crippen MR) is 54.0 cm³/mol. The monoisotopic (exact) mass is 234 g/mol. The number of benzene rings is 1. The Balaban J connectivity index is 3.59. The van der Waals surface area contributed by atoms with Gasteiger partial charge in [-0.25, -0.2) is 0 Å². The second-order valence-electron chi connectivity index (χ2n) is 3.45. The molecule has 0 aliphatic rings. The van der Waals surface area contributed by atoms with Gasteiger partial charge in [-0.2, -0.15) is 13.2 Å². The van der Waals surface area contributed by atoms with Crippen LogP contribution in [0.25, 0.3) is 0 Å². The molecule has 0 aromatic heterocycles. The van der Waals surface area contributed by atoms with Crippen molar-refractivity contribution < 1.29 is 22.6 Å². The number of ether oxygens (including phenoxy) is 2. The van der Waals surface area contributed by atoms with Gasteiger partial charge in [0.15, 0.2) is 11.5 Å². The van der Waals surface area contributed by atoms with Crippen LogP contribution in [-0.2, 0) is 6.18 Å². The first-order valence-electron chi connectivity index (χ1n) is 4.62. The summed E-state index contributed by atoms with van der Waals surface area (Å²) in [7, 11) is 2.52. The van der Waals surface area contributed by atoms with Crippen LogP contribution in [0.2, 0.25) is 0 Å². The first-order valence-corrected chi connectivity index (χ1v) is 4.62. The van der Waals surface area contributed by atoms with Gasteiger partial charge in [0.05, 0.1) is 14.2 Å². The number of rotatable bonds is 2. The minimum Gasteiger partial charge on any atom is -0.493 e. The number of aryl methyl sites for hydroxylation is 2. The maximum absolute atomic E-state index is 12.8. The molecule has 0 saturated carbocycles. The van der Waals surface area contributed by atoms with Crippen LogP contribution in [0.15, 0.2) is 6.07 Å². The Labute approximate surface area is 92.0 Å². The summed E-state index contributed by atoms with van der Waals surface area (Å²) in [6, 6.07) is 1.43. The van der Waals surface area contributed by atoms with Gasteiger partial charge in [-0.15, -0.1) is 0 Å². The Hall–Kier alpha value is -1.39. The van der Waals surface area contributed by atoms with Crippen molar-refractivity contribution >= 4 is 0 Å². The minimum absolute atomic E-state index is 0.125. The minimum atomic E-state index is -4.45. The van der Waals surface area contributed by atoms with Crippen molar-refractivity contribution in [1.82, 2.24) is 0 Å². The van der Waals surface area contributed by atoms with E-state index >= 15 is 0 Å². The van der Waals surface area contributed by atoms with Gasteiger partial charge in [-0.1, -0.05) is 6.07 Å². The van der Waals surface area contributed by atoms with Gasteiger partial charge in [0.2, 0.25) is 0 Å². The van der Waals surface area contributed by atoms with Crippen LogP contribution in [0, 0.1) is 13.8 Å². The molecule has 0 amide bonds. The Morgan fingerprint density at radius 2 is 1.44 bits per heavy atom. The summed E-state index contributed by atoms with van der Waals surface area (Å²) in [5.41, 5.74) is -0.0371. The number of methoxy groups -OCH3 is 2. The predicted octanol–water partition coefficient (Wildman–Crippen LogP) is 3.34. The highest BCUT2D eigenvalue weighted by molar-refractivity contribution is 5.56. The average Bonchev–Trinajstić information content (AvgIpc) is 2.14. The molecule has 0 aliphatic heterocycles. The van der Waals surface area contributed by atoms with E-state index < -0.39 is 11.7 Å². The van der Waals surface area contributed by atoms with Crippen LogP contribution in [-0.4, -0.2) is 14.2 Å². The van der Waals surface area contributed by atoms with Gasteiger partial charge in [0.25, 0.3) is 0 Å². The molecule has 0 N–H and O–H groups in total. The molecule has 0 radical (unpaired) electrons. The Kier molecular flexibility index (Phi) is 3.35. The van der Waals surface area contributed by atoms with Crippen molar-refractivity contribution in [2.45, 2.75) is 20.0 Å². The zero-order valence-electron chi connectivity index (χ0n) is 9.53. The lowest BCUT2D eigenvalue weighted by Crippen LogP contribution is -2.11. The maximum Gasteiger partial charge on any atom is 0.420 e. The second-order valence-corrected chi connectivity index (χ2v) is 3.45. The summed E-state index contributed by atoms with van der Waals surface area (Å²) in [6.45, 7) is 3.08. The third-order valence-electron chi connectivity index (χ3n) is 2.31. The molecule has 2 nitrogen and oxygen atoms in total. The molecule has 1 aromatic carbocycles. The molecule has 0 heterocycles. The smallest absolute Gasteiger partial charge is 0.420 e. The van der Waals surface area contributed by atoms with Gasteiger partial charge in [0.1, 0.15) is 5.56 Å². The Bertz CT molecular complexity index is 397. The molecule has 90 valence electrons. The van der Waals surface area contributed by atoms with Crippen molar-refractivity contribution in [2.75, 3.05) is 14.2 Å². The lowest BCUT2D eigenvalue weighted by Gasteiger charge is -2.19. The van der Waals surface area contributed by atoms with Crippen LogP contribution in [0.5, 0.6) is 11.5 Å². The van der Waals surface area contributed by atoms with Gasteiger partial charge in [-0.05, 0) is 25.0 Å². The molecule has 0 saturated heterocycles. The highest BCUT2D eigenvalue weighted by Gasteiger charge is 2.38. The van der Waals surface area contributed by atoms with E-state index in [1.807, 2.05) is 0 Å². The zero-order valence-corrected chi connectivity index (χ0v) is 9.53. The van der Waals surface area contributed by atoms with Gasteiger partial charge >= 0.3 is 6.18 Å². The molecule has 0 spiro atoms. The first-order chi connectivity index (χ1) is 7.32. The van der Waals surface area contributed by atoms with Gasteiger partial charge in [0, 0.05) is 0 Å². The highest BCUT2D eigenvalue weighted by atomic mass is 19.4. The fraction of sp³-hybridized carbons (Fsp3) is 0.455. The van der Waals surface area contributed by atoms with Crippen LogP contribution in [0.4, 0.5) is 13.2 Å². The van der Waals surface area contributed by atoms with E-state index in [9.17, 15) is 13.2 Å². The van der Waals surface area contributed by atoms with Crippen molar-refractivity contribution in [3.63, 3.8) is 0 Å². The summed E-state index contributed by atoms with van der Waals surface area (Å²) in [5, 5.41) is 0. The number of hydrogen-bond acceptors (Lipinski definition) is 2. The second kappa shape index (κ2) is 4.23. The number of alkyl halides is 3. The summed E-state index contributed by atoms with van der Waals surface area (Å²) >= 11 is 0. The zero-order chi connectivity index (χ0) is 12.5. The van der Waals surface area contributed by atoms with Crippen molar-refractivity contribution in [3.05, 3.63) is 22.8 Å². The first kappa shape index (κ1) is 12.7. The molecule has 16 heavy (non-hydrogen) atoms. The summed E-state index contributed by atoms with van der Waals surface area (Å²) < 4.78 is 48.2. The number of halogens is 3. The molecular formula is C11H13F3O2. The quantitative estimate of drug-likeness (QED) is 0.781.